The summed E-state index contributed by atoms with van der Waals surface area (Å²) >= 11 is 5.89. The maximum absolute atomic E-state index is 11.3. The zero-order valence-electron chi connectivity index (χ0n) is 8.58. The van der Waals surface area contributed by atoms with Gasteiger partial charge in [0, 0.05) is 10.7 Å². The highest BCUT2D eigenvalue weighted by Gasteiger charge is 2.09. The van der Waals surface area contributed by atoms with Crippen LogP contribution in [0.3, 0.4) is 0 Å². The van der Waals surface area contributed by atoms with Crippen molar-refractivity contribution in [3.05, 3.63) is 28.8 Å². The van der Waals surface area contributed by atoms with Crippen LogP contribution >= 0.6 is 24.0 Å². The summed E-state index contributed by atoms with van der Waals surface area (Å²) in [5, 5.41) is 3.33. The normalized spacial score (nSPS) is 11.5. The van der Waals surface area contributed by atoms with Crippen molar-refractivity contribution in [3.8, 4) is 0 Å². The van der Waals surface area contributed by atoms with E-state index in [4.69, 9.17) is 17.3 Å². The Morgan fingerprint density at radius 1 is 1.53 bits per heavy atom. The molecule has 0 heterocycles. The van der Waals surface area contributed by atoms with E-state index in [1.54, 1.807) is 25.1 Å². The molecule has 0 spiro atoms. The van der Waals surface area contributed by atoms with Crippen molar-refractivity contribution in [1.82, 2.24) is 0 Å². The SMILES string of the molecule is Cc1c(Cl)cccc1NC(=O)[C@@H](C)N.Cl. The van der Waals surface area contributed by atoms with E-state index in [1.165, 1.54) is 0 Å². The molecule has 0 aromatic heterocycles. The summed E-state index contributed by atoms with van der Waals surface area (Å²) in [7, 11) is 0. The number of amides is 1. The van der Waals surface area contributed by atoms with Gasteiger partial charge in [0.25, 0.3) is 0 Å². The number of hydrogen-bond acceptors (Lipinski definition) is 2. The minimum Gasteiger partial charge on any atom is -0.324 e. The first-order chi connectivity index (χ1) is 6.52. The average molecular weight is 249 g/mol. The Kier molecular flexibility index (Phi) is 5.65. The number of carbonyl (C=O) groups excluding carboxylic acids is 1. The number of anilines is 1. The second-order valence-electron chi connectivity index (χ2n) is 3.19. The minimum absolute atomic E-state index is 0. The second-order valence-corrected chi connectivity index (χ2v) is 3.60. The summed E-state index contributed by atoms with van der Waals surface area (Å²) in [5.74, 6) is -0.213. The molecule has 1 rings (SSSR count). The predicted octanol–water partition coefficient (Wildman–Crippen LogP) is 2.36. The largest absolute Gasteiger partial charge is 0.324 e. The lowest BCUT2D eigenvalue weighted by Gasteiger charge is -2.10. The van der Waals surface area contributed by atoms with Crippen LogP contribution in [0.15, 0.2) is 18.2 Å². The molecule has 0 aliphatic rings. The van der Waals surface area contributed by atoms with Gasteiger partial charge in [0.05, 0.1) is 6.04 Å². The van der Waals surface area contributed by atoms with Gasteiger partial charge in [-0.25, -0.2) is 0 Å². The van der Waals surface area contributed by atoms with Crippen LogP contribution in [0.1, 0.15) is 12.5 Å². The number of nitrogens with one attached hydrogen (secondary N) is 1. The maximum Gasteiger partial charge on any atom is 0.241 e. The zero-order valence-corrected chi connectivity index (χ0v) is 10.2. The van der Waals surface area contributed by atoms with E-state index in [1.807, 2.05) is 6.92 Å². The van der Waals surface area contributed by atoms with Crippen molar-refractivity contribution in [2.45, 2.75) is 19.9 Å². The maximum atomic E-state index is 11.3. The van der Waals surface area contributed by atoms with Gasteiger partial charge in [0.1, 0.15) is 0 Å². The van der Waals surface area contributed by atoms with Crippen LogP contribution in [0.2, 0.25) is 5.02 Å². The third kappa shape index (κ3) is 3.70. The van der Waals surface area contributed by atoms with E-state index in [9.17, 15) is 4.79 Å². The number of benzene rings is 1. The molecule has 15 heavy (non-hydrogen) atoms. The first-order valence-electron chi connectivity index (χ1n) is 4.34. The molecule has 0 aliphatic carbocycles. The molecule has 0 saturated carbocycles. The van der Waals surface area contributed by atoms with Crippen LogP contribution in [0.25, 0.3) is 0 Å². The minimum atomic E-state index is -0.520. The van der Waals surface area contributed by atoms with Gasteiger partial charge in [-0.05, 0) is 31.5 Å². The summed E-state index contributed by atoms with van der Waals surface area (Å²) < 4.78 is 0. The van der Waals surface area contributed by atoms with Crippen molar-refractivity contribution in [3.63, 3.8) is 0 Å². The molecule has 1 amide bonds. The highest BCUT2D eigenvalue weighted by molar-refractivity contribution is 6.31. The molecular formula is C10H14Cl2N2O. The van der Waals surface area contributed by atoms with E-state index < -0.39 is 6.04 Å². The van der Waals surface area contributed by atoms with Crippen molar-refractivity contribution >= 4 is 35.6 Å². The first-order valence-corrected chi connectivity index (χ1v) is 4.71. The molecule has 0 radical (unpaired) electrons. The fourth-order valence-electron chi connectivity index (χ4n) is 0.989. The number of halogens is 2. The molecule has 0 unspecified atom stereocenters. The Hall–Kier alpha value is -0.770. The van der Waals surface area contributed by atoms with Crippen molar-refractivity contribution in [2.24, 2.45) is 5.73 Å². The van der Waals surface area contributed by atoms with Crippen molar-refractivity contribution in [2.75, 3.05) is 5.32 Å². The third-order valence-corrected chi connectivity index (χ3v) is 2.35. The Bertz CT molecular complexity index is 353. The van der Waals surface area contributed by atoms with E-state index >= 15 is 0 Å². The molecular weight excluding hydrogens is 235 g/mol. The zero-order chi connectivity index (χ0) is 10.7. The Labute approximate surface area is 100 Å². The van der Waals surface area contributed by atoms with E-state index in [2.05, 4.69) is 5.32 Å². The first kappa shape index (κ1) is 14.2. The standard InChI is InChI=1S/C10H13ClN2O.ClH/c1-6-8(11)4-3-5-9(6)13-10(14)7(2)12;/h3-5,7H,12H2,1-2H3,(H,13,14);1H/t7-;/m1./s1. The topological polar surface area (TPSA) is 55.1 Å². The lowest BCUT2D eigenvalue weighted by Crippen LogP contribution is -2.32. The molecule has 1 aromatic carbocycles. The molecule has 84 valence electrons. The van der Waals surface area contributed by atoms with Gasteiger partial charge in [-0.15, -0.1) is 12.4 Å². The van der Waals surface area contributed by atoms with E-state index in [0.717, 1.165) is 5.56 Å². The number of hydrogen-bond donors (Lipinski definition) is 2. The van der Waals surface area contributed by atoms with Gasteiger partial charge in [-0.2, -0.15) is 0 Å². The fourth-order valence-corrected chi connectivity index (χ4v) is 1.16. The van der Waals surface area contributed by atoms with Gasteiger partial charge in [-0.3, -0.25) is 4.79 Å². The molecule has 0 fully saturated rings. The fraction of sp³-hybridized carbons (Fsp3) is 0.300. The summed E-state index contributed by atoms with van der Waals surface area (Å²) in [6, 6.07) is 4.83. The van der Waals surface area contributed by atoms with Crippen molar-refractivity contribution < 1.29 is 4.79 Å². The van der Waals surface area contributed by atoms with Gasteiger partial charge in [-0.1, -0.05) is 17.7 Å². The van der Waals surface area contributed by atoms with Gasteiger partial charge in [0.15, 0.2) is 0 Å². The van der Waals surface area contributed by atoms with E-state index in [0.29, 0.717) is 10.7 Å². The van der Waals surface area contributed by atoms with Crippen LogP contribution in [0.5, 0.6) is 0 Å². The van der Waals surface area contributed by atoms with E-state index in [-0.39, 0.29) is 18.3 Å². The molecule has 3 N–H and O–H groups in total. The summed E-state index contributed by atoms with van der Waals surface area (Å²) in [5.41, 5.74) is 6.99. The highest BCUT2D eigenvalue weighted by atomic mass is 35.5. The second kappa shape index (κ2) is 5.95. The Balaban J connectivity index is 0.00000196. The number of carbonyl (C=O) groups is 1. The molecule has 1 aromatic rings. The average Bonchev–Trinajstić information content (AvgIpc) is 2.12. The van der Waals surface area contributed by atoms with Crippen LogP contribution in [-0.4, -0.2) is 11.9 Å². The third-order valence-electron chi connectivity index (χ3n) is 1.94. The summed E-state index contributed by atoms with van der Waals surface area (Å²) in [6.07, 6.45) is 0. The number of nitrogens with two attached hydrogens (primary N) is 1. The molecule has 5 heteroatoms. The highest BCUT2D eigenvalue weighted by Crippen LogP contribution is 2.22. The van der Waals surface area contributed by atoms with Crippen LogP contribution < -0.4 is 11.1 Å². The molecule has 1 atom stereocenters. The lowest BCUT2D eigenvalue weighted by atomic mass is 10.2. The van der Waals surface area contributed by atoms with Crippen molar-refractivity contribution in [1.29, 1.82) is 0 Å². The summed E-state index contributed by atoms with van der Waals surface area (Å²) in [4.78, 5) is 11.3. The molecule has 0 bridgehead atoms. The monoisotopic (exact) mass is 248 g/mol. The van der Waals surface area contributed by atoms with Gasteiger partial charge < -0.3 is 11.1 Å². The Morgan fingerprint density at radius 3 is 2.67 bits per heavy atom. The molecule has 0 aliphatic heterocycles. The van der Waals surface area contributed by atoms with Gasteiger partial charge >= 0.3 is 0 Å². The Morgan fingerprint density at radius 2 is 2.13 bits per heavy atom. The number of rotatable bonds is 2. The quantitative estimate of drug-likeness (QED) is 0.845. The van der Waals surface area contributed by atoms with Crippen LogP contribution in [-0.2, 0) is 4.79 Å². The predicted molar refractivity (Wildman–Crippen MR) is 65.7 cm³/mol. The van der Waals surface area contributed by atoms with Gasteiger partial charge in [0.2, 0.25) is 5.91 Å². The lowest BCUT2D eigenvalue weighted by molar-refractivity contribution is -0.117. The van der Waals surface area contributed by atoms with Crippen LogP contribution in [0.4, 0.5) is 5.69 Å². The molecule has 0 saturated heterocycles. The van der Waals surface area contributed by atoms with Crippen LogP contribution in [0, 0.1) is 6.92 Å². The summed E-state index contributed by atoms with van der Waals surface area (Å²) in [6.45, 7) is 3.48. The smallest absolute Gasteiger partial charge is 0.241 e. The molecule has 3 nitrogen and oxygen atoms in total.